The molecule has 1 aromatic rings. The third kappa shape index (κ3) is 1.62. The van der Waals surface area contributed by atoms with Crippen LogP contribution in [-0.4, -0.2) is 16.3 Å². The van der Waals surface area contributed by atoms with E-state index in [1.54, 1.807) is 12.1 Å². The molecule has 1 saturated carbocycles. The van der Waals surface area contributed by atoms with Crippen LogP contribution < -0.4 is 5.73 Å². The largest absolute Gasteiger partial charge is 0.508 e. The Morgan fingerprint density at radius 1 is 1.47 bits per heavy atom. The van der Waals surface area contributed by atoms with Crippen LogP contribution >= 0.6 is 0 Å². The first-order valence-electron chi connectivity index (χ1n) is 5.29. The Bertz CT molecular complexity index is 370. The van der Waals surface area contributed by atoms with Crippen LogP contribution in [0.2, 0.25) is 0 Å². The van der Waals surface area contributed by atoms with Crippen LogP contribution in [0.5, 0.6) is 5.75 Å². The summed E-state index contributed by atoms with van der Waals surface area (Å²) >= 11 is 0. The Kier molecular flexibility index (Phi) is 2.44. The van der Waals surface area contributed by atoms with E-state index < -0.39 is 0 Å². The fraction of sp³-hybridized carbons (Fsp3) is 0.500. The van der Waals surface area contributed by atoms with Gasteiger partial charge in [0.05, 0.1) is 6.61 Å². The monoisotopic (exact) mass is 207 g/mol. The van der Waals surface area contributed by atoms with Gasteiger partial charge in [-0.05, 0) is 31.4 Å². The summed E-state index contributed by atoms with van der Waals surface area (Å²) in [5.41, 5.74) is 7.67. The van der Waals surface area contributed by atoms with Crippen molar-refractivity contribution in [2.24, 2.45) is 5.73 Å². The summed E-state index contributed by atoms with van der Waals surface area (Å²) in [5, 5.41) is 18.6. The molecule has 0 radical (unpaired) electrons. The molecule has 0 saturated heterocycles. The number of aromatic hydroxyl groups is 1. The number of aliphatic hydroxyl groups excluding tert-OH is 1. The van der Waals surface area contributed by atoms with E-state index in [2.05, 4.69) is 0 Å². The van der Waals surface area contributed by atoms with E-state index in [0.717, 1.165) is 18.4 Å². The van der Waals surface area contributed by atoms with Crippen LogP contribution in [0, 0.1) is 0 Å². The second kappa shape index (κ2) is 3.51. The number of hydrogen-bond acceptors (Lipinski definition) is 3. The van der Waals surface area contributed by atoms with E-state index in [0.29, 0.717) is 5.56 Å². The molecule has 0 amide bonds. The van der Waals surface area contributed by atoms with Crippen LogP contribution in [0.4, 0.5) is 0 Å². The zero-order chi connectivity index (χ0) is 11.1. The van der Waals surface area contributed by atoms with Gasteiger partial charge in [0, 0.05) is 17.0 Å². The third-order valence-corrected chi connectivity index (χ3v) is 3.49. The highest BCUT2D eigenvalue weighted by Crippen LogP contribution is 2.51. The van der Waals surface area contributed by atoms with Gasteiger partial charge in [0.25, 0.3) is 0 Å². The lowest BCUT2D eigenvalue weighted by atomic mass is 9.89. The summed E-state index contributed by atoms with van der Waals surface area (Å²) in [6.45, 7) is 1.88. The lowest BCUT2D eigenvalue weighted by Gasteiger charge is -2.20. The minimum atomic E-state index is -0.128. The lowest BCUT2D eigenvalue weighted by Crippen LogP contribution is -2.31. The van der Waals surface area contributed by atoms with Crippen molar-refractivity contribution in [1.82, 2.24) is 0 Å². The first kappa shape index (κ1) is 10.5. The summed E-state index contributed by atoms with van der Waals surface area (Å²) in [6.07, 6.45) is 2.17. The lowest BCUT2D eigenvalue weighted by molar-refractivity contribution is 0.275. The van der Waals surface area contributed by atoms with Crippen LogP contribution in [0.15, 0.2) is 18.2 Å². The van der Waals surface area contributed by atoms with Crippen molar-refractivity contribution >= 4 is 0 Å². The second-order valence-electron chi connectivity index (χ2n) is 4.45. The molecule has 0 aliphatic heterocycles. The van der Waals surface area contributed by atoms with E-state index in [1.165, 1.54) is 0 Å². The predicted molar refractivity (Wildman–Crippen MR) is 58.6 cm³/mol. The number of aliphatic hydroxyl groups is 1. The third-order valence-electron chi connectivity index (χ3n) is 3.49. The molecule has 1 aromatic carbocycles. The molecule has 4 N–H and O–H groups in total. The maximum atomic E-state index is 9.66. The van der Waals surface area contributed by atoms with Gasteiger partial charge in [0.2, 0.25) is 0 Å². The van der Waals surface area contributed by atoms with Gasteiger partial charge in [-0.15, -0.1) is 0 Å². The molecule has 0 heterocycles. The Morgan fingerprint density at radius 3 is 2.53 bits per heavy atom. The normalized spacial score (nSPS) is 19.9. The highest BCUT2D eigenvalue weighted by Gasteiger charge is 2.47. The number of rotatable bonds is 3. The average molecular weight is 207 g/mol. The van der Waals surface area contributed by atoms with Crippen molar-refractivity contribution in [2.75, 3.05) is 0 Å². The maximum Gasteiger partial charge on any atom is 0.121 e. The maximum absolute atomic E-state index is 9.66. The molecule has 1 fully saturated rings. The molecule has 1 aliphatic carbocycles. The fourth-order valence-corrected chi connectivity index (χ4v) is 2.15. The summed E-state index contributed by atoms with van der Waals surface area (Å²) in [7, 11) is 0. The van der Waals surface area contributed by atoms with Crippen LogP contribution in [0.3, 0.4) is 0 Å². The van der Waals surface area contributed by atoms with Crippen molar-refractivity contribution in [3.63, 3.8) is 0 Å². The first-order valence-corrected chi connectivity index (χ1v) is 5.29. The molecule has 3 nitrogen and oxygen atoms in total. The molecule has 0 spiro atoms. The molecule has 15 heavy (non-hydrogen) atoms. The van der Waals surface area contributed by atoms with Gasteiger partial charge in [0.1, 0.15) is 5.75 Å². The molecule has 2 rings (SSSR count). The molecule has 82 valence electrons. The van der Waals surface area contributed by atoms with Crippen molar-refractivity contribution in [2.45, 2.75) is 37.8 Å². The molecule has 1 unspecified atom stereocenters. The molecule has 0 aromatic heterocycles. The zero-order valence-electron chi connectivity index (χ0n) is 8.90. The van der Waals surface area contributed by atoms with Gasteiger partial charge < -0.3 is 15.9 Å². The minimum absolute atomic E-state index is 0.0610. The van der Waals surface area contributed by atoms with E-state index in [9.17, 15) is 5.11 Å². The molecule has 1 aliphatic rings. The summed E-state index contributed by atoms with van der Waals surface area (Å²) in [6, 6.07) is 5.58. The highest BCUT2D eigenvalue weighted by molar-refractivity contribution is 5.42. The average Bonchev–Trinajstić information content (AvgIpc) is 2.98. The van der Waals surface area contributed by atoms with Crippen LogP contribution in [0.1, 0.15) is 30.9 Å². The molecular formula is C12H17NO2. The fourth-order valence-electron chi connectivity index (χ4n) is 2.15. The SMILES string of the molecule is CC(N)C1(c2ccc(CO)c(O)c2)CC1. The summed E-state index contributed by atoms with van der Waals surface area (Å²) < 4.78 is 0. The highest BCUT2D eigenvalue weighted by atomic mass is 16.3. The number of nitrogens with two attached hydrogens (primary N) is 1. The molecular weight excluding hydrogens is 190 g/mol. The van der Waals surface area contributed by atoms with E-state index in [4.69, 9.17) is 10.8 Å². The standard InChI is InChI=1S/C12H17NO2/c1-8(13)12(4-5-12)10-3-2-9(7-14)11(15)6-10/h2-3,6,8,14-15H,4-5,7,13H2,1H3. The van der Waals surface area contributed by atoms with Crippen molar-refractivity contribution < 1.29 is 10.2 Å². The van der Waals surface area contributed by atoms with Gasteiger partial charge in [-0.2, -0.15) is 0 Å². The summed E-state index contributed by atoms with van der Waals surface area (Å²) in [4.78, 5) is 0. The Hall–Kier alpha value is -1.06. The van der Waals surface area contributed by atoms with E-state index in [1.807, 2.05) is 13.0 Å². The zero-order valence-corrected chi connectivity index (χ0v) is 8.90. The molecule has 0 bridgehead atoms. The first-order chi connectivity index (χ1) is 7.10. The van der Waals surface area contributed by atoms with Gasteiger partial charge in [-0.1, -0.05) is 12.1 Å². The number of hydrogen-bond donors (Lipinski definition) is 3. The smallest absolute Gasteiger partial charge is 0.121 e. The Morgan fingerprint density at radius 2 is 2.13 bits per heavy atom. The minimum Gasteiger partial charge on any atom is -0.508 e. The van der Waals surface area contributed by atoms with Crippen molar-refractivity contribution in [3.8, 4) is 5.75 Å². The molecule has 1 atom stereocenters. The van der Waals surface area contributed by atoms with E-state index in [-0.39, 0.29) is 23.8 Å². The van der Waals surface area contributed by atoms with Crippen molar-refractivity contribution in [3.05, 3.63) is 29.3 Å². The predicted octanol–water partition coefficient (Wildman–Crippen LogP) is 1.26. The second-order valence-corrected chi connectivity index (χ2v) is 4.45. The Labute approximate surface area is 89.5 Å². The van der Waals surface area contributed by atoms with Crippen molar-refractivity contribution in [1.29, 1.82) is 0 Å². The van der Waals surface area contributed by atoms with Gasteiger partial charge in [-0.25, -0.2) is 0 Å². The Balaban J connectivity index is 2.35. The quantitative estimate of drug-likeness (QED) is 0.699. The molecule has 3 heteroatoms. The number of benzene rings is 1. The van der Waals surface area contributed by atoms with Gasteiger partial charge in [0.15, 0.2) is 0 Å². The number of phenols is 1. The van der Waals surface area contributed by atoms with Crippen LogP contribution in [0.25, 0.3) is 0 Å². The summed E-state index contributed by atoms with van der Waals surface area (Å²) in [5.74, 6) is 0.168. The van der Waals surface area contributed by atoms with Gasteiger partial charge in [-0.3, -0.25) is 0 Å². The van der Waals surface area contributed by atoms with E-state index >= 15 is 0 Å². The van der Waals surface area contributed by atoms with Gasteiger partial charge >= 0.3 is 0 Å². The topological polar surface area (TPSA) is 66.5 Å². The van der Waals surface area contributed by atoms with Crippen LogP contribution in [-0.2, 0) is 12.0 Å².